The summed E-state index contributed by atoms with van der Waals surface area (Å²) in [5, 5.41) is 21.5. The Morgan fingerprint density at radius 3 is 2.25 bits per heavy atom. The van der Waals surface area contributed by atoms with E-state index in [9.17, 15) is 33.4 Å². The summed E-state index contributed by atoms with van der Waals surface area (Å²) in [5.41, 5.74) is 3.05. The van der Waals surface area contributed by atoms with Crippen molar-refractivity contribution in [3.63, 3.8) is 0 Å². The van der Waals surface area contributed by atoms with Gasteiger partial charge >= 0.3 is 6.18 Å². The minimum Gasteiger partial charge on any atom is -0.330 e. The van der Waals surface area contributed by atoms with E-state index in [0.717, 1.165) is 0 Å². The highest BCUT2D eigenvalue weighted by atomic mass is 35.5. The predicted octanol–water partition coefficient (Wildman–Crippen LogP) is 1.83. The van der Waals surface area contributed by atoms with Crippen molar-refractivity contribution in [3.8, 4) is 0 Å². The van der Waals surface area contributed by atoms with Crippen LogP contribution >= 0.6 is 11.6 Å². The van der Waals surface area contributed by atoms with Crippen LogP contribution in [0, 0.1) is 26.1 Å². The summed E-state index contributed by atoms with van der Waals surface area (Å²) in [6.07, 6.45) is -4.82. The molecule has 0 fully saturated rings. The van der Waals surface area contributed by atoms with Crippen LogP contribution in [-0.4, -0.2) is 27.4 Å². The van der Waals surface area contributed by atoms with Gasteiger partial charge in [0.15, 0.2) is 4.87 Å². The highest BCUT2D eigenvalue weighted by Crippen LogP contribution is 2.48. The molecule has 0 aliphatic heterocycles. The first-order valence-electron chi connectivity index (χ1n) is 5.22. The van der Waals surface area contributed by atoms with Crippen molar-refractivity contribution in [2.24, 2.45) is 11.7 Å². The normalized spacial score (nSPS) is 26.8. The van der Waals surface area contributed by atoms with Crippen molar-refractivity contribution in [3.05, 3.63) is 43.8 Å². The number of nitrogens with two attached hydrogens (primary N) is 1. The molecule has 0 aromatic carbocycles. The number of rotatable bonds is 4. The molecule has 7 nitrogen and oxygen atoms in total. The van der Waals surface area contributed by atoms with Crippen molar-refractivity contribution < 1.29 is 23.0 Å². The number of halogens is 4. The predicted molar refractivity (Wildman–Crippen MR) is 62.0 cm³/mol. The number of hydrogen-bond donors (Lipinski definition) is 1. The molecule has 0 saturated carbocycles. The van der Waals surface area contributed by atoms with Crippen molar-refractivity contribution in [1.82, 2.24) is 0 Å². The maximum Gasteiger partial charge on any atom is 0.397 e. The van der Waals surface area contributed by atoms with Gasteiger partial charge in [0, 0.05) is 6.08 Å². The Balaban J connectivity index is 3.49. The summed E-state index contributed by atoms with van der Waals surface area (Å²) >= 11 is 5.78. The van der Waals surface area contributed by atoms with E-state index in [1.807, 2.05) is 0 Å². The standard InChI is InChI=1S/C9H9ClF3N3O4/c10-8(1-2-14)6(9(11,12)13)3-5(15(17)18)4-7(8)16(19)20/h3-4,6H,1-2,14H2. The number of hydrogen-bond acceptors (Lipinski definition) is 5. The third kappa shape index (κ3) is 2.90. The van der Waals surface area contributed by atoms with Crippen LogP contribution in [0.4, 0.5) is 13.2 Å². The molecule has 0 amide bonds. The Hall–Kier alpha value is -1.68. The average molecular weight is 316 g/mol. The molecule has 0 aromatic rings. The van der Waals surface area contributed by atoms with Gasteiger partial charge in [-0.25, -0.2) is 0 Å². The number of allylic oxidation sites excluding steroid dienone is 3. The maximum absolute atomic E-state index is 13.0. The minimum absolute atomic E-state index is 0.273. The van der Waals surface area contributed by atoms with E-state index in [2.05, 4.69) is 0 Å². The van der Waals surface area contributed by atoms with Crippen LogP contribution in [0.25, 0.3) is 0 Å². The number of nitro groups is 2. The second-order valence-corrected chi connectivity index (χ2v) is 4.73. The van der Waals surface area contributed by atoms with Gasteiger partial charge in [-0.1, -0.05) is 0 Å². The second-order valence-electron chi connectivity index (χ2n) is 4.06. The Morgan fingerprint density at radius 2 is 1.90 bits per heavy atom. The van der Waals surface area contributed by atoms with Crippen molar-refractivity contribution in [2.45, 2.75) is 17.5 Å². The summed E-state index contributed by atoms with van der Waals surface area (Å²) in [7, 11) is 0. The third-order valence-corrected chi connectivity index (χ3v) is 3.43. The molecule has 0 radical (unpaired) electrons. The van der Waals surface area contributed by atoms with Gasteiger partial charge in [0.05, 0.1) is 15.9 Å². The van der Waals surface area contributed by atoms with Crippen LogP contribution in [0.3, 0.4) is 0 Å². The topological polar surface area (TPSA) is 112 Å². The Bertz CT molecular complexity index is 505. The first kappa shape index (κ1) is 16.4. The molecule has 0 bridgehead atoms. The van der Waals surface area contributed by atoms with E-state index in [1.54, 1.807) is 0 Å². The lowest BCUT2D eigenvalue weighted by atomic mass is 9.81. The van der Waals surface area contributed by atoms with Crippen molar-refractivity contribution in [1.29, 1.82) is 0 Å². The van der Waals surface area contributed by atoms with Gasteiger partial charge in [-0.15, -0.1) is 11.6 Å². The molecule has 0 heterocycles. The lowest BCUT2D eigenvalue weighted by Crippen LogP contribution is -2.47. The Kier molecular flexibility index (Phi) is 4.39. The molecule has 2 unspecified atom stereocenters. The Morgan fingerprint density at radius 1 is 1.35 bits per heavy atom. The van der Waals surface area contributed by atoms with Gasteiger partial charge in [0.2, 0.25) is 0 Å². The fourth-order valence-corrected chi connectivity index (χ4v) is 2.36. The molecule has 0 aromatic heterocycles. The van der Waals surface area contributed by atoms with E-state index in [4.69, 9.17) is 17.3 Å². The first-order chi connectivity index (χ1) is 9.04. The van der Waals surface area contributed by atoms with Crippen LogP contribution in [0.5, 0.6) is 0 Å². The summed E-state index contributed by atoms with van der Waals surface area (Å²) in [6, 6.07) is 0. The minimum atomic E-state index is -4.98. The zero-order valence-electron chi connectivity index (χ0n) is 9.76. The molecule has 11 heteroatoms. The first-order valence-corrected chi connectivity index (χ1v) is 5.60. The molecular weight excluding hydrogens is 307 g/mol. The zero-order chi connectivity index (χ0) is 15.7. The van der Waals surface area contributed by atoms with Gasteiger partial charge in [-0.2, -0.15) is 13.2 Å². The molecule has 1 aliphatic carbocycles. The zero-order valence-corrected chi connectivity index (χ0v) is 10.5. The highest BCUT2D eigenvalue weighted by Gasteiger charge is 2.60. The second kappa shape index (κ2) is 5.37. The number of alkyl halides is 4. The fourth-order valence-electron chi connectivity index (χ4n) is 1.94. The quantitative estimate of drug-likeness (QED) is 0.483. The van der Waals surface area contributed by atoms with E-state index < -0.39 is 44.6 Å². The molecule has 0 saturated heterocycles. The molecule has 1 aliphatic rings. The summed E-state index contributed by atoms with van der Waals surface area (Å²) < 4.78 is 39.0. The Labute approximate surface area is 115 Å². The summed E-state index contributed by atoms with van der Waals surface area (Å²) in [4.78, 5) is 16.7. The van der Waals surface area contributed by atoms with Gasteiger partial charge in [-0.3, -0.25) is 20.2 Å². The third-order valence-electron chi connectivity index (χ3n) is 2.81. The summed E-state index contributed by atoms with van der Waals surface area (Å²) in [6.45, 7) is -0.344. The van der Waals surface area contributed by atoms with Gasteiger partial charge < -0.3 is 5.73 Å². The highest BCUT2D eigenvalue weighted by molar-refractivity contribution is 6.26. The maximum atomic E-state index is 13.0. The van der Waals surface area contributed by atoms with Crippen LogP contribution in [0.1, 0.15) is 6.42 Å². The average Bonchev–Trinajstić information content (AvgIpc) is 2.26. The van der Waals surface area contributed by atoms with Crippen LogP contribution in [0.2, 0.25) is 0 Å². The SMILES string of the molecule is NCCC1(Cl)C([N+](=O)[O-])=CC([N+](=O)[O-])=CC1C(F)(F)F. The van der Waals surface area contributed by atoms with Crippen LogP contribution in [-0.2, 0) is 0 Å². The van der Waals surface area contributed by atoms with E-state index in [0.29, 0.717) is 6.08 Å². The summed E-state index contributed by atoms with van der Waals surface area (Å²) in [5.74, 6) is -2.56. The number of nitrogens with zero attached hydrogens (tertiary/aromatic N) is 2. The van der Waals surface area contributed by atoms with Gasteiger partial charge in [0.1, 0.15) is 5.92 Å². The fraction of sp³-hybridized carbons (Fsp3) is 0.556. The molecule has 0 spiro atoms. The molecule has 1 rings (SSSR count). The monoisotopic (exact) mass is 315 g/mol. The van der Waals surface area contributed by atoms with Gasteiger partial charge in [0.25, 0.3) is 11.4 Å². The molecule has 2 N–H and O–H groups in total. The van der Waals surface area contributed by atoms with E-state index in [-0.39, 0.29) is 12.6 Å². The molecular formula is C9H9ClF3N3O4. The van der Waals surface area contributed by atoms with E-state index >= 15 is 0 Å². The molecule has 2 atom stereocenters. The lowest BCUT2D eigenvalue weighted by molar-refractivity contribution is -0.444. The van der Waals surface area contributed by atoms with Crippen LogP contribution in [0.15, 0.2) is 23.5 Å². The van der Waals surface area contributed by atoms with Gasteiger partial charge in [-0.05, 0) is 13.0 Å². The van der Waals surface area contributed by atoms with Crippen LogP contribution < -0.4 is 5.73 Å². The molecule has 20 heavy (non-hydrogen) atoms. The lowest BCUT2D eigenvalue weighted by Gasteiger charge is -2.33. The van der Waals surface area contributed by atoms with E-state index in [1.165, 1.54) is 0 Å². The van der Waals surface area contributed by atoms with Crippen molar-refractivity contribution >= 4 is 11.6 Å². The smallest absolute Gasteiger partial charge is 0.330 e. The van der Waals surface area contributed by atoms with Crippen molar-refractivity contribution in [2.75, 3.05) is 6.54 Å². The molecule has 112 valence electrons. The largest absolute Gasteiger partial charge is 0.397 e.